The Bertz CT molecular complexity index is 417. The second-order valence-corrected chi connectivity index (χ2v) is 3.94. The third-order valence-corrected chi connectivity index (χ3v) is 2.68. The van der Waals surface area contributed by atoms with Crippen LogP contribution in [0.1, 0.15) is 12.8 Å². The molecule has 0 aromatic carbocycles. The van der Waals surface area contributed by atoms with Crippen molar-refractivity contribution in [3.8, 4) is 0 Å². The van der Waals surface area contributed by atoms with Gasteiger partial charge in [-0.25, -0.2) is 4.79 Å². The number of hydrogen-bond donors (Lipinski definition) is 3. The first kappa shape index (κ1) is 10.9. The lowest BCUT2D eigenvalue weighted by atomic mass is 10.0. The molecule has 0 spiro atoms. The van der Waals surface area contributed by atoms with Gasteiger partial charge in [0.25, 0.3) is 5.56 Å². The first-order valence-corrected chi connectivity index (χ1v) is 5.39. The summed E-state index contributed by atoms with van der Waals surface area (Å²) in [4.78, 5) is 26.7. The van der Waals surface area contributed by atoms with Crippen LogP contribution in [0.25, 0.3) is 0 Å². The van der Waals surface area contributed by atoms with Crippen molar-refractivity contribution in [1.29, 1.82) is 0 Å². The standard InChI is InChI=1S/C10H15N3O3/c14-9-5-8(12-10(15)13-9)11-6-7-1-3-16-4-2-7/h5,7H,1-4,6H2,(H3,11,12,13,14,15). The lowest BCUT2D eigenvalue weighted by Crippen LogP contribution is -2.26. The predicted molar refractivity (Wildman–Crippen MR) is 59.7 cm³/mol. The third-order valence-electron chi connectivity index (χ3n) is 2.68. The van der Waals surface area contributed by atoms with Gasteiger partial charge in [-0.05, 0) is 18.8 Å². The Labute approximate surface area is 92.0 Å². The summed E-state index contributed by atoms with van der Waals surface area (Å²) in [5.74, 6) is 1.01. The lowest BCUT2D eigenvalue weighted by Gasteiger charge is -2.22. The van der Waals surface area contributed by atoms with E-state index in [1.807, 2.05) is 0 Å². The van der Waals surface area contributed by atoms with Crippen LogP contribution in [-0.2, 0) is 4.74 Å². The van der Waals surface area contributed by atoms with E-state index in [0.29, 0.717) is 11.7 Å². The molecular formula is C10H15N3O3. The lowest BCUT2D eigenvalue weighted by molar-refractivity contribution is 0.0699. The molecule has 1 fully saturated rings. The molecule has 3 N–H and O–H groups in total. The number of aromatic nitrogens is 2. The van der Waals surface area contributed by atoms with Crippen molar-refractivity contribution in [2.45, 2.75) is 12.8 Å². The Morgan fingerprint density at radius 2 is 2.06 bits per heavy atom. The molecule has 0 unspecified atom stereocenters. The molecule has 1 aliphatic rings. The van der Waals surface area contributed by atoms with Crippen molar-refractivity contribution in [3.63, 3.8) is 0 Å². The van der Waals surface area contributed by atoms with Gasteiger partial charge in [-0.1, -0.05) is 0 Å². The van der Waals surface area contributed by atoms with Gasteiger partial charge in [0.2, 0.25) is 0 Å². The average Bonchev–Trinajstić information content (AvgIpc) is 2.27. The Morgan fingerprint density at radius 3 is 2.75 bits per heavy atom. The second kappa shape index (κ2) is 4.98. The van der Waals surface area contributed by atoms with Gasteiger partial charge in [0.15, 0.2) is 0 Å². The maximum absolute atomic E-state index is 11.0. The van der Waals surface area contributed by atoms with Gasteiger partial charge in [0.05, 0.1) is 0 Å². The highest BCUT2D eigenvalue weighted by atomic mass is 16.5. The molecule has 0 aliphatic carbocycles. The molecule has 1 aliphatic heterocycles. The van der Waals surface area contributed by atoms with Crippen molar-refractivity contribution in [3.05, 3.63) is 26.9 Å². The molecule has 1 aromatic heterocycles. The van der Waals surface area contributed by atoms with Crippen LogP contribution >= 0.6 is 0 Å². The van der Waals surface area contributed by atoms with Gasteiger partial charge in [-0.3, -0.25) is 14.8 Å². The molecule has 0 saturated carbocycles. The van der Waals surface area contributed by atoms with E-state index in [-0.39, 0.29) is 0 Å². The maximum Gasteiger partial charge on any atom is 0.327 e. The first-order chi connectivity index (χ1) is 7.74. The van der Waals surface area contributed by atoms with Crippen LogP contribution in [0.5, 0.6) is 0 Å². The fourth-order valence-electron chi connectivity index (χ4n) is 1.77. The second-order valence-electron chi connectivity index (χ2n) is 3.94. The number of H-pyrrole nitrogens is 2. The fraction of sp³-hybridized carbons (Fsp3) is 0.600. The van der Waals surface area contributed by atoms with Gasteiger partial charge in [-0.2, -0.15) is 0 Å². The highest BCUT2D eigenvalue weighted by Crippen LogP contribution is 2.14. The zero-order valence-electron chi connectivity index (χ0n) is 8.91. The predicted octanol–water partition coefficient (Wildman–Crippen LogP) is -0.0983. The summed E-state index contributed by atoms with van der Waals surface area (Å²) in [5, 5.41) is 3.06. The molecule has 1 aromatic rings. The van der Waals surface area contributed by atoms with Crippen molar-refractivity contribution in [2.24, 2.45) is 5.92 Å². The van der Waals surface area contributed by atoms with Crippen molar-refractivity contribution < 1.29 is 4.74 Å². The van der Waals surface area contributed by atoms with E-state index < -0.39 is 11.2 Å². The number of anilines is 1. The summed E-state index contributed by atoms with van der Waals surface area (Å²) >= 11 is 0. The monoisotopic (exact) mass is 225 g/mol. The highest BCUT2D eigenvalue weighted by Gasteiger charge is 2.13. The van der Waals surface area contributed by atoms with E-state index in [1.54, 1.807) is 0 Å². The zero-order valence-corrected chi connectivity index (χ0v) is 8.91. The minimum Gasteiger partial charge on any atom is -0.381 e. The Balaban J connectivity index is 1.93. The first-order valence-electron chi connectivity index (χ1n) is 5.39. The summed E-state index contributed by atoms with van der Waals surface area (Å²) in [6, 6.07) is 1.35. The van der Waals surface area contributed by atoms with Crippen LogP contribution in [0, 0.1) is 5.92 Å². The van der Waals surface area contributed by atoms with E-state index in [4.69, 9.17) is 4.74 Å². The van der Waals surface area contributed by atoms with Crippen molar-refractivity contribution in [2.75, 3.05) is 25.1 Å². The molecule has 0 radical (unpaired) electrons. The van der Waals surface area contributed by atoms with Crippen LogP contribution < -0.4 is 16.6 Å². The summed E-state index contributed by atoms with van der Waals surface area (Å²) < 4.78 is 5.25. The minimum absolute atomic E-state index is 0.391. The molecule has 88 valence electrons. The summed E-state index contributed by atoms with van der Waals surface area (Å²) in [5.41, 5.74) is -0.875. The molecule has 6 nitrogen and oxygen atoms in total. The van der Waals surface area contributed by atoms with E-state index in [0.717, 1.165) is 32.6 Å². The van der Waals surface area contributed by atoms with Crippen LogP contribution in [0.3, 0.4) is 0 Å². The van der Waals surface area contributed by atoms with Crippen LogP contribution in [0.4, 0.5) is 5.82 Å². The van der Waals surface area contributed by atoms with Crippen LogP contribution in [0.2, 0.25) is 0 Å². The molecule has 0 bridgehead atoms. The number of hydrogen-bond acceptors (Lipinski definition) is 4. The Morgan fingerprint density at radius 1 is 1.31 bits per heavy atom. The van der Waals surface area contributed by atoms with Crippen LogP contribution in [-0.4, -0.2) is 29.7 Å². The average molecular weight is 225 g/mol. The topological polar surface area (TPSA) is 87.0 Å². The third kappa shape index (κ3) is 2.96. The smallest absolute Gasteiger partial charge is 0.327 e. The zero-order chi connectivity index (χ0) is 11.4. The molecule has 2 rings (SSSR count). The van der Waals surface area contributed by atoms with Gasteiger partial charge in [-0.15, -0.1) is 0 Å². The molecule has 0 atom stereocenters. The molecule has 2 heterocycles. The van der Waals surface area contributed by atoms with Crippen molar-refractivity contribution in [1.82, 2.24) is 9.97 Å². The molecule has 6 heteroatoms. The van der Waals surface area contributed by atoms with Crippen LogP contribution in [0.15, 0.2) is 15.7 Å². The fourth-order valence-corrected chi connectivity index (χ4v) is 1.77. The Kier molecular flexibility index (Phi) is 3.40. The van der Waals surface area contributed by atoms with E-state index in [1.165, 1.54) is 6.07 Å². The number of rotatable bonds is 3. The molecule has 0 amide bonds. The van der Waals surface area contributed by atoms with Gasteiger partial charge < -0.3 is 10.1 Å². The normalized spacial score (nSPS) is 17.2. The molecular weight excluding hydrogens is 210 g/mol. The summed E-state index contributed by atoms with van der Waals surface area (Å²) in [6.07, 6.45) is 2.03. The van der Waals surface area contributed by atoms with E-state index in [2.05, 4.69) is 15.3 Å². The number of ether oxygens (including phenoxy) is 1. The largest absolute Gasteiger partial charge is 0.381 e. The molecule has 16 heavy (non-hydrogen) atoms. The van der Waals surface area contributed by atoms with Gasteiger partial charge in [0.1, 0.15) is 5.82 Å². The van der Waals surface area contributed by atoms with Gasteiger partial charge in [0, 0.05) is 25.8 Å². The SMILES string of the molecule is O=c1cc(NCC2CCOCC2)[nH]c(=O)[nH]1. The summed E-state index contributed by atoms with van der Waals surface area (Å²) in [7, 11) is 0. The number of aromatic amines is 2. The number of nitrogens with one attached hydrogen (secondary N) is 3. The maximum atomic E-state index is 11.0. The summed E-state index contributed by atoms with van der Waals surface area (Å²) in [6.45, 7) is 2.33. The highest BCUT2D eigenvalue weighted by molar-refractivity contribution is 5.31. The van der Waals surface area contributed by atoms with Gasteiger partial charge >= 0.3 is 5.69 Å². The van der Waals surface area contributed by atoms with E-state index >= 15 is 0 Å². The van der Waals surface area contributed by atoms with Crippen molar-refractivity contribution >= 4 is 5.82 Å². The Hall–Kier alpha value is -1.56. The quantitative estimate of drug-likeness (QED) is 0.670. The molecule has 1 saturated heterocycles. The van der Waals surface area contributed by atoms with E-state index in [9.17, 15) is 9.59 Å². The minimum atomic E-state index is -0.484.